The summed E-state index contributed by atoms with van der Waals surface area (Å²) in [6, 6.07) is 0. The molecule has 0 aromatic rings. The fourth-order valence-electron chi connectivity index (χ4n) is 1.94. The number of hydrogen-bond donors (Lipinski definition) is 2. The maximum absolute atomic E-state index is 11.2. The summed E-state index contributed by atoms with van der Waals surface area (Å²) in [6.07, 6.45) is 10.0. The van der Waals surface area contributed by atoms with Crippen molar-refractivity contribution in [3.63, 3.8) is 0 Å². The fraction of sp³-hybridized carbons (Fsp3) is 0.857. The number of ether oxygens (including phenoxy) is 1. The summed E-state index contributed by atoms with van der Waals surface area (Å²) in [4.78, 5) is 22.2. The van der Waals surface area contributed by atoms with E-state index >= 15 is 0 Å². The molecule has 132 valence electrons. The van der Waals surface area contributed by atoms with Crippen LogP contribution in [0, 0.1) is 0 Å². The molecule has 0 aliphatic heterocycles. The Bertz CT molecular complexity index is 408. The zero-order chi connectivity index (χ0) is 16.1. The van der Waals surface area contributed by atoms with Gasteiger partial charge in [0.25, 0.3) is 10.1 Å². The number of carbonyl (C=O) groups excluding carboxylic acids is 2. The van der Waals surface area contributed by atoms with Crippen LogP contribution in [0.15, 0.2) is 0 Å². The van der Waals surface area contributed by atoms with E-state index in [1.807, 2.05) is 0 Å². The number of carbonyl (C=O) groups is 2. The predicted octanol–water partition coefficient (Wildman–Crippen LogP) is 3.03. The number of rotatable bonds is 12. The highest BCUT2D eigenvalue weighted by atomic mass is 32.2. The molecule has 0 heterocycles. The monoisotopic (exact) mass is 339 g/mol. The Balaban J connectivity index is 0. The summed E-state index contributed by atoms with van der Waals surface area (Å²) in [5.41, 5.74) is 0. The minimum atomic E-state index is -4.44. The van der Waals surface area contributed by atoms with Gasteiger partial charge in [-0.3, -0.25) is 14.1 Å². The van der Waals surface area contributed by atoms with Crippen LogP contribution in [0.25, 0.3) is 0 Å². The lowest BCUT2D eigenvalue weighted by atomic mass is 10.1. The van der Waals surface area contributed by atoms with Gasteiger partial charge in [-0.2, -0.15) is 8.42 Å². The second kappa shape index (κ2) is 13.7. The summed E-state index contributed by atoms with van der Waals surface area (Å²) >= 11 is 0. The molecule has 8 heteroatoms. The molecule has 0 aliphatic carbocycles. The maximum Gasteiger partial charge on any atom is 0.331 e. The highest BCUT2D eigenvalue weighted by molar-refractivity contribution is 7.86. The molecule has 0 saturated carbocycles. The first kappa shape index (κ1) is 23.3. The Morgan fingerprint density at radius 2 is 1.32 bits per heavy atom. The van der Waals surface area contributed by atoms with Gasteiger partial charge < -0.3 is 10.9 Å². The quantitative estimate of drug-likeness (QED) is 0.241. The number of esters is 2. The topological polar surface area (TPSA) is 133 Å². The Hall–Kier alpha value is -0.990. The van der Waals surface area contributed by atoms with Crippen molar-refractivity contribution in [2.45, 2.75) is 71.1 Å². The van der Waals surface area contributed by atoms with E-state index in [-0.39, 0.29) is 12.6 Å². The Morgan fingerprint density at radius 3 is 1.77 bits per heavy atom. The molecule has 0 amide bonds. The third-order valence-corrected chi connectivity index (χ3v) is 3.61. The smallest absolute Gasteiger partial charge is 0.331 e. The third kappa shape index (κ3) is 17.1. The van der Waals surface area contributed by atoms with Crippen molar-refractivity contribution in [1.82, 2.24) is 6.15 Å². The SMILES string of the molecule is CCCCCCCCCCCC(=O)OC(=O)CS(=O)(=O)O.N. The van der Waals surface area contributed by atoms with E-state index in [4.69, 9.17) is 4.55 Å². The minimum absolute atomic E-state index is 0. The van der Waals surface area contributed by atoms with E-state index in [9.17, 15) is 18.0 Å². The molecule has 0 spiro atoms. The van der Waals surface area contributed by atoms with Crippen LogP contribution in [0.1, 0.15) is 71.1 Å². The van der Waals surface area contributed by atoms with Crippen molar-refractivity contribution >= 4 is 22.1 Å². The highest BCUT2D eigenvalue weighted by Gasteiger charge is 2.17. The van der Waals surface area contributed by atoms with E-state index in [1.54, 1.807) is 0 Å². The summed E-state index contributed by atoms with van der Waals surface area (Å²) < 4.78 is 33.5. The van der Waals surface area contributed by atoms with Gasteiger partial charge in [0.05, 0.1) is 0 Å². The fourth-order valence-corrected chi connectivity index (χ4v) is 2.29. The molecule has 22 heavy (non-hydrogen) atoms. The molecule has 0 bridgehead atoms. The Kier molecular flexibility index (Phi) is 14.5. The lowest BCUT2D eigenvalue weighted by molar-refractivity contribution is -0.157. The molecule has 0 radical (unpaired) electrons. The van der Waals surface area contributed by atoms with Crippen molar-refractivity contribution in [1.29, 1.82) is 0 Å². The van der Waals surface area contributed by atoms with Gasteiger partial charge in [0, 0.05) is 6.42 Å². The first-order valence-electron chi connectivity index (χ1n) is 7.54. The van der Waals surface area contributed by atoms with Gasteiger partial charge in [0.2, 0.25) is 0 Å². The van der Waals surface area contributed by atoms with Gasteiger partial charge in [-0.25, -0.2) is 0 Å². The van der Waals surface area contributed by atoms with E-state index < -0.39 is 27.8 Å². The largest absolute Gasteiger partial charge is 0.392 e. The summed E-state index contributed by atoms with van der Waals surface area (Å²) in [6.45, 7) is 2.18. The summed E-state index contributed by atoms with van der Waals surface area (Å²) in [7, 11) is -4.44. The second-order valence-corrected chi connectivity index (χ2v) is 6.60. The molecule has 0 aliphatic rings. The normalized spacial score (nSPS) is 10.8. The molecule has 7 nitrogen and oxygen atoms in total. The molecule has 0 aromatic heterocycles. The van der Waals surface area contributed by atoms with E-state index in [1.165, 1.54) is 32.1 Å². The molecule has 0 aromatic carbocycles. The molecule has 0 saturated heterocycles. The van der Waals surface area contributed by atoms with Gasteiger partial charge in [0.15, 0.2) is 5.75 Å². The lowest BCUT2D eigenvalue weighted by Crippen LogP contribution is -2.20. The van der Waals surface area contributed by atoms with Crippen LogP contribution < -0.4 is 6.15 Å². The summed E-state index contributed by atoms with van der Waals surface area (Å²) in [5.74, 6) is -3.17. The van der Waals surface area contributed by atoms with Crippen molar-refractivity contribution in [2.24, 2.45) is 0 Å². The Labute approximate surface area is 133 Å². The zero-order valence-electron chi connectivity index (χ0n) is 13.4. The lowest BCUT2D eigenvalue weighted by Gasteiger charge is -2.03. The standard InChI is InChI=1S/C14H26O6S.H3N/c1-2-3-4-5-6-7-8-9-10-11-13(15)20-14(16)12-21(17,18)19;/h2-12H2,1H3,(H,17,18,19);1H3. The van der Waals surface area contributed by atoms with Crippen molar-refractivity contribution in [3.05, 3.63) is 0 Å². The molecule has 4 N–H and O–H groups in total. The van der Waals surface area contributed by atoms with E-state index in [0.29, 0.717) is 6.42 Å². The maximum atomic E-state index is 11.2. The highest BCUT2D eigenvalue weighted by Crippen LogP contribution is 2.10. The van der Waals surface area contributed by atoms with Gasteiger partial charge in [-0.15, -0.1) is 0 Å². The summed E-state index contributed by atoms with van der Waals surface area (Å²) in [5, 5.41) is 0. The van der Waals surface area contributed by atoms with Crippen molar-refractivity contribution < 1.29 is 27.3 Å². The average Bonchev–Trinajstić information content (AvgIpc) is 2.34. The van der Waals surface area contributed by atoms with Crippen LogP contribution in [-0.2, 0) is 24.4 Å². The van der Waals surface area contributed by atoms with Crippen LogP contribution >= 0.6 is 0 Å². The van der Waals surface area contributed by atoms with Gasteiger partial charge >= 0.3 is 11.9 Å². The van der Waals surface area contributed by atoms with Crippen LogP contribution in [0.3, 0.4) is 0 Å². The molecular weight excluding hydrogens is 310 g/mol. The Morgan fingerprint density at radius 1 is 0.864 bits per heavy atom. The molecule has 0 atom stereocenters. The van der Waals surface area contributed by atoms with Crippen LogP contribution in [0.2, 0.25) is 0 Å². The van der Waals surface area contributed by atoms with Gasteiger partial charge in [-0.1, -0.05) is 58.3 Å². The molecule has 0 rings (SSSR count). The average molecular weight is 339 g/mol. The molecular formula is C14H29NO6S. The molecule has 0 unspecified atom stereocenters. The van der Waals surface area contributed by atoms with Crippen LogP contribution in [-0.4, -0.2) is 30.7 Å². The molecule has 0 fully saturated rings. The predicted molar refractivity (Wildman–Crippen MR) is 84.4 cm³/mol. The van der Waals surface area contributed by atoms with Crippen molar-refractivity contribution in [3.8, 4) is 0 Å². The van der Waals surface area contributed by atoms with Crippen molar-refractivity contribution in [2.75, 3.05) is 5.75 Å². The van der Waals surface area contributed by atoms with Gasteiger partial charge in [-0.05, 0) is 6.42 Å². The first-order chi connectivity index (χ1) is 9.85. The van der Waals surface area contributed by atoms with Crippen LogP contribution in [0.5, 0.6) is 0 Å². The number of unbranched alkanes of at least 4 members (excludes halogenated alkanes) is 8. The third-order valence-electron chi connectivity index (χ3n) is 3.01. The minimum Gasteiger partial charge on any atom is -0.392 e. The van der Waals surface area contributed by atoms with Gasteiger partial charge in [0.1, 0.15) is 0 Å². The second-order valence-electron chi connectivity index (χ2n) is 5.15. The van der Waals surface area contributed by atoms with E-state index in [0.717, 1.165) is 19.3 Å². The van der Waals surface area contributed by atoms with Crippen LogP contribution in [0.4, 0.5) is 0 Å². The zero-order valence-corrected chi connectivity index (χ0v) is 14.2. The number of hydrogen-bond acceptors (Lipinski definition) is 6. The van der Waals surface area contributed by atoms with E-state index in [2.05, 4.69) is 11.7 Å². The first-order valence-corrected chi connectivity index (χ1v) is 9.14.